The summed E-state index contributed by atoms with van der Waals surface area (Å²) in [5, 5.41) is 11.9. The smallest absolute Gasteiger partial charge is 0.412 e. The highest BCUT2D eigenvalue weighted by molar-refractivity contribution is 7.89. The van der Waals surface area contributed by atoms with E-state index in [0.717, 1.165) is 18.9 Å². The fourth-order valence-corrected chi connectivity index (χ4v) is 5.83. The van der Waals surface area contributed by atoms with Crippen LogP contribution in [0.5, 0.6) is 5.75 Å². The monoisotopic (exact) mass is 587 g/mol. The number of sulfonamides is 1. The number of nitrogens with zero attached hydrogens (tertiary/aromatic N) is 4. The Balaban J connectivity index is 1.48. The molecule has 2 heterocycles. The van der Waals surface area contributed by atoms with Crippen LogP contribution in [0.4, 0.5) is 18.9 Å². The summed E-state index contributed by atoms with van der Waals surface area (Å²) < 4.78 is 74.4. The number of allylic oxidation sites excluding steroid dienone is 2. The lowest BCUT2D eigenvalue weighted by molar-refractivity contribution is -0.0938. The van der Waals surface area contributed by atoms with Gasteiger partial charge < -0.3 is 15.0 Å². The van der Waals surface area contributed by atoms with Gasteiger partial charge in [-0.25, -0.2) is 13.4 Å². The number of ether oxygens (including phenoxy) is 1. The molecule has 0 aliphatic carbocycles. The second kappa shape index (κ2) is 13.2. The molecule has 0 bridgehead atoms. The lowest BCUT2D eigenvalue weighted by atomic mass is 10.1. The number of halogens is 3. The molecule has 0 amide bonds. The van der Waals surface area contributed by atoms with E-state index in [1.165, 1.54) is 16.4 Å². The average Bonchev–Trinajstić information content (AvgIpc) is 2.94. The van der Waals surface area contributed by atoms with Crippen molar-refractivity contribution in [2.45, 2.75) is 43.7 Å². The molecular weight excluding hydrogens is 555 g/mol. The van der Waals surface area contributed by atoms with Crippen LogP contribution >= 0.6 is 0 Å². The molecular formula is C29H32F3N5O3S. The van der Waals surface area contributed by atoms with Gasteiger partial charge in [0.1, 0.15) is 17.4 Å². The minimum absolute atomic E-state index is 0.00396. The number of amidine groups is 1. The molecule has 218 valence electrons. The Kier molecular flexibility index (Phi) is 9.73. The molecule has 2 aliphatic heterocycles. The summed E-state index contributed by atoms with van der Waals surface area (Å²) >= 11 is 0. The zero-order valence-corrected chi connectivity index (χ0v) is 23.5. The predicted molar refractivity (Wildman–Crippen MR) is 151 cm³/mol. The molecule has 4 rings (SSSR count). The van der Waals surface area contributed by atoms with Crippen molar-refractivity contribution in [2.24, 2.45) is 4.99 Å². The van der Waals surface area contributed by atoms with Crippen LogP contribution in [0.1, 0.15) is 38.2 Å². The van der Waals surface area contributed by atoms with Crippen molar-refractivity contribution < 1.29 is 26.3 Å². The normalized spacial score (nSPS) is 17.0. The first-order valence-corrected chi connectivity index (χ1v) is 14.9. The molecule has 0 radical (unpaired) electrons. The van der Waals surface area contributed by atoms with E-state index in [9.17, 15) is 21.6 Å². The topological polar surface area (TPSA) is 98.0 Å². The summed E-state index contributed by atoms with van der Waals surface area (Å²) in [4.78, 5) is 6.57. The Morgan fingerprint density at radius 1 is 1.05 bits per heavy atom. The number of piperazine rings is 1. The fourth-order valence-electron chi connectivity index (χ4n) is 4.41. The molecule has 0 atom stereocenters. The van der Waals surface area contributed by atoms with Gasteiger partial charge in [0.25, 0.3) is 0 Å². The van der Waals surface area contributed by atoms with Gasteiger partial charge in [-0.1, -0.05) is 13.3 Å². The summed E-state index contributed by atoms with van der Waals surface area (Å²) in [5.41, 5.74) is 0.204. The van der Waals surface area contributed by atoms with E-state index in [0.29, 0.717) is 42.5 Å². The second-order valence-corrected chi connectivity index (χ2v) is 11.6. The van der Waals surface area contributed by atoms with E-state index in [2.05, 4.69) is 17.2 Å². The number of hydrogen-bond donors (Lipinski definition) is 1. The van der Waals surface area contributed by atoms with Crippen LogP contribution in [0.3, 0.4) is 0 Å². The van der Waals surface area contributed by atoms with Crippen LogP contribution in [-0.2, 0) is 10.0 Å². The molecule has 2 aliphatic rings. The Hall–Kier alpha value is -3.82. The van der Waals surface area contributed by atoms with E-state index in [1.54, 1.807) is 42.5 Å². The largest absolute Gasteiger partial charge is 0.494 e. The molecule has 41 heavy (non-hydrogen) atoms. The van der Waals surface area contributed by atoms with Crippen molar-refractivity contribution in [1.82, 2.24) is 9.21 Å². The first-order chi connectivity index (χ1) is 19.6. The highest BCUT2D eigenvalue weighted by atomic mass is 32.2. The standard InChI is InChI=1S/C29H32F3N5O3S/c1-2-3-19-40-25-11-13-26(14-12-25)41(38,39)37-17-15-36(16-18-37)28-6-4-5-23(29(30,31)32)20-27(35-28)34-24-9-7-22(21-33)8-10-24/h6-14,20H,2-5,15-19H2,1H3,(H,34,35). The maximum Gasteiger partial charge on any atom is 0.412 e. The Bertz CT molecular complexity index is 1440. The van der Waals surface area contributed by atoms with E-state index in [1.807, 2.05) is 11.0 Å². The number of anilines is 1. The molecule has 0 spiro atoms. The SMILES string of the molecule is CCCCOc1ccc(S(=O)(=O)N2CCN(C3=CCCC(C(F)(F)F)=CC(Nc4ccc(C#N)cc4)=N3)CC2)cc1. The summed E-state index contributed by atoms with van der Waals surface area (Å²) in [6, 6.07) is 14.7. The minimum atomic E-state index is -4.50. The van der Waals surface area contributed by atoms with Crippen molar-refractivity contribution in [3.63, 3.8) is 0 Å². The van der Waals surface area contributed by atoms with Crippen LogP contribution in [0.2, 0.25) is 0 Å². The van der Waals surface area contributed by atoms with Crippen LogP contribution in [0.15, 0.2) is 82.0 Å². The van der Waals surface area contributed by atoms with Gasteiger partial charge in [-0.05, 0) is 79.9 Å². The minimum Gasteiger partial charge on any atom is -0.494 e. The van der Waals surface area contributed by atoms with Gasteiger partial charge in [-0.15, -0.1) is 0 Å². The first-order valence-electron chi connectivity index (χ1n) is 13.4. The Morgan fingerprint density at radius 3 is 2.34 bits per heavy atom. The Labute approximate surface area is 238 Å². The number of aliphatic imine (C=N–C) groups is 1. The second-order valence-electron chi connectivity index (χ2n) is 9.64. The maximum atomic E-state index is 13.6. The highest BCUT2D eigenvalue weighted by Crippen LogP contribution is 2.31. The quantitative estimate of drug-likeness (QED) is 0.400. The van der Waals surface area contributed by atoms with Crippen LogP contribution < -0.4 is 10.1 Å². The number of nitrogens with one attached hydrogen (secondary N) is 1. The molecule has 0 saturated carbocycles. The summed E-state index contributed by atoms with van der Waals surface area (Å²) in [7, 11) is -3.73. The van der Waals surface area contributed by atoms with Crippen LogP contribution in [-0.4, -0.2) is 62.4 Å². The summed E-state index contributed by atoms with van der Waals surface area (Å²) in [5.74, 6) is 1.10. The molecule has 2 aromatic rings. The van der Waals surface area contributed by atoms with E-state index in [4.69, 9.17) is 10.00 Å². The van der Waals surface area contributed by atoms with Crippen molar-refractivity contribution in [3.05, 3.63) is 77.6 Å². The maximum absolute atomic E-state index is 13.6. The molecule has 8 nitrogen and oxygen atoms in total. The molecule has 12 heteroatoms. The number of hydrogen-bond acceptors (Lipinski definition) is 7. The summed E-state index contributed by atoms with van der Waals surface area (Å²) in [6.07, 6.45) is -0.00792. The van der Waals surface area contributed by atoms with Gasteiger partial charge in [-0.3, -0.25) is 0 Å². The first kappa shape index (κ1) is 30.1. The van der Waals surface area contributed by atoms with Gasteiger partial charge in [0.2, 0.25) is 10.0 Å². The van der Waals surface area contributed by atoms with Gasteiger partial charge in [0, 0.05) is 37.4 Å². The molecule has 1 N–H and O–H groups in total. The third-order valence-corrected chi connectivity index (χ3v) is 8.64. The van der Waals surface area contributed by atoms with Gasteiger partial charge >= 0.3 is 6.18 Å². The molecule has 1 saturated heterocycles. The third-order valence-electron chi connectivity index (χ3n) is 6.73. The molecule has 2 aromatic carbocycles. The predicted octanol–water partition coefficient (Wildman–Crippen LogP) is 5.68. The van der Waals surface area contributed by atoms with Gasteiger partial charge in [-0.2, -0.15) is 22.7 Å². The van der Waals surface area contributed by atoms with Crippen LogP contribution in [0.25, 0.3) is 0 Å². The molecule has 1 fully saturated rings. The Morgan fingerprint density at radius 2 is 1.73 bits per heavy atom. The lowest BCUT2D eigenvalue weighted by Crippen LogP contribution is -2.48. The zero-order valence-electron chi connectivity index (χ0n) is 22.7. The number of alkyl halides is 3. The highest BCUT2D eigenvalue weighted by Gasteiger charge is 2.34. The van der Waals surface area contributed by atoms with E-state index in [-0.39, 0.29) is 36.7 Å². The van der Waals surface area contributed by atoms with Crippen molar-refractivity contribution in [3.8, 4) is 11.8 Å². The average molecular weight is 588 g/mol. The number of unbranched alkanes of at least 4 members (excludes halogenated alkanes) is 1. The molecule has 0 aromatic heterocycles. The van der Waals surface area contributed by atoms with Crippen molar-refractivity contribution in [1.29, 1.82) is 5.26 Å². The van der Waals surface area contributed by atoms with E-state index < -0.39 is 21.8 Å². The van der Waals surface area contributed by atoms with E-state index >= 15 is 0 Å². The van der Waals surface area contributed by atoms with Gasteiger partial charge in [0.15, 0.2) is 0 Å². The lowest BCUT2D eigenvalue weighted by Gasteiger charge is -2.35. The zero-order chi connectivity index (χ0) is 29.5. The van der Waals surface area contributed by atoms with Crippen LogP contribution in [0, 0.1) is 11.3 Å². The number of benzene rings is 2. The van der Waals surface area contributed by atoms with Gasteiger partial charge in [0.05, 0.1) is 23.1 Å². The van der Waals surface area contributed by atoms with Crippen molar-refractivity contribution in [2.75, 3.05) is 38.1 Å². The molecule has 0 unspecified atom stereocenters. The van der Waals surface area contributed by atoms with Crippen molar-refractivity contribution >= 4 is 21.5 Å². The third kappa shape index (κ3) is 7.89. The fraction of sp³-hybridized carbons (Fsp3) is 0.379. The summed E-state index contributed by atoms with van der Waals surface area (Å²) in [6.45, 7) is 3.69. The number of nitriles is 1. The number of rotatable bonds is 8.